The molecule has 3 aliphatic rings. The Morgan fingerprint density at radius 3 is 2.52 bits per heavy atom. The smallest absolute Gasteiger partial charge is 0.317 e. The minimum atomic E-state index is -0.607. The molecule has 2 amide bonds. The van der Waals surface area contributed by atoms with Gasteiger partial charge in [0.05, 0.1) is 24.4 Å². The average Bonchev–Trinajstić information content (AvgIpc) is 3.25. The Morgan fingerprint density at radius 1 is 1.20 bits per heavy atom. The molecule has 0 spiro atoms. The van der Waals surface area contributed by atoms with Gasteiger partial charge in [0.15, 0.2) is 0 Å². The molecule has 4 rings (SSSR count). The lowest BCUT2D eigenvalue weighted by molar-refractivity contribution is 0.0649. The molecule has 2 bridgehead atoms. The first kappa shape index (κ1) is 16.8. The van der Waals surface area contributed by atoms with E-state index in [1.807, 2.05) is 4.90 Å². The van der Waals surface area contributed by atoms with Crippen molar-refractivity contribution in [3.63, 3.8) is 0 Å². The SMILES string of the molecule is O=C(NC1CC2CCC1O2)N1CCC(C(O)c2ccc(F)cc2)CC1. The number of carbonyl (C=O) groups excluding carboxylic acids is 1. The van der Waals surface area contributed by atoms with Crippen LogP contribution in [-0.4, -0.2) is 47.4 Å². The van der Waals surface area contributed by atoms with Gasteiger partial charge in [-0.25, -0.2) is 9.18 Å². The Labute approximate surface area is 147 Å². The zero-order valence-corrected chi connectivity index (χ0v) is 14.2. The van der Waals surface area contributed by atoms with Gasteiger partial charge in [-0.3, -0.25) is 0 Å². The number of rotatable bonds is 3. The summed E-state index contributed by atoms with van der Waals surface area (Å²) in [7, 11) is 0. The first-order chi connectivity index (χ1) is 12.1. The van der Waals surface area contributed by atoms with E-state index >= 15 is 0 Å². The van der Waals surface area contributed by atoms with Crippen LogP contribution in [0.25, 0.3) is 0 Å². The maximum atomic E-state index is 13.0. The molecule has 0 aliphatic carbocycles. The van der Waals surface area contributed by atoms with Gasteiger partial charge < -0.3 is 20.1 Å². The number of likely N-dealkylation sites (tertiary alicyclic amines) is 1. The molecule has 4 atom stereocenters. The standard InChI is InChI=1S/C19H25FN2O3/c20-14-3-1-12(2-4-14)18(23)13-7-9-22(10-8-13)19(24)21-16-11-15-5-6-17(16)25-15/h1-4,13,15-18,23H,5-11H2,(H,21,24). The topological polar surface area (TPSA) is 61.8 Å². The quantitative estimate of drug-likeness (QED) is 0.883. The summed E-state index contributed by atoms with van der Waals surface area (Å²) in [5.41, 5.74) is 0.739. The van der Waals surface area contributed by atoms with Gasteiger partial charge in [-0.2, -0.15) is 0 Å². The molecule has 3 heterocycles. The van der Waals surface area contributed by atoms with Crippen molar-refractivity contribution in [3.8, 4) is 0 Å². The Hall–Kier alpha value is -1.66. The van der Waals surface area contributed by atoms with Gasteiger partial charge >= 0.3 is 6.03 Å². The summed E-state index contributed by atoms with van der Waals surface area (Å²) >= 11 is 0. The van der Waals surface area contributed by atoms with Crippen LogP contribution in [0.2, 0.25) is 0 Å². The molecule has 0 saturated carbocycles. The van der Waals surface area contributed by atoms with Gasteiger partial charge in [0.25, 0.3) is 0 Å². The molecule has 1 aromatic carbocycles. The number of hydrogen-bond donors (Lipinski definition) is 2. The molecule has 3 fully saturated rings. The molecule has 0 radical (unpaired) electrons. The van der Waals surface area contributed by atoms with E-state index in [4.69, 9.17) is 4.74 Å². The van der Waals surface area contributed by atoms with E-state index in [1.54, 1.807) is 12.1 Å². The van der Waals surface area contributed by atoms with Crippen LogP contribution in [0.4, 0.5) is 9.18 Å². The number of ether oxygens (including phenoxy) is 1. The summed E-state index contributed by atoms with van der Waals surface area (Å²) in [5.74, 6) is -0.202. The fourth-order valence-corrected chi connectivity index (χ4v) is 4.39. The van der Waals surface area contributed by atoms with Gasteiger partial charge in [-0.15, -0.1) is 0 Å². The Bertz CT molecular complexity index is 616. The van der Waals surface area contributed by atoms with Crippen LogP contribution < -0.4 is 5.32 Å². The minimum Gasteiger partial charge on any atom is -0.388 e. The number of aliphatic hydroxyl groups excluding tert-OH is 1. The molecule has 3 saturated heterocycles. The Kier molecular flexibility index (Phi) is 4.65. The molecule has 6 heteroatoms. The summed E-state index contributed by atoms with van der Waals surface area (Å²) in [6.07, 6.45) is 4.49. The largest absolute Gasteiger partial charge is 0.388 e. The number of amides is 2. The van der Waals surface area contributed by atoms with Crippen LogP contribution in [-0.2, 0) is 4.74 Å². The Morgan fingerprint density at radius 2 is 1.92 bits per heavy atom. The highest BCUT2D eigenvalue weighted by molar-refractivity contribution is 5.74. The van der Waals surface area contributed by atoms with E-state index in [0.29, 0.717) is 19.2 Å². The van der Waals surface area contributed by atoms with Gasteiger partial charge in [0.1, 0.15) is 5.82 Å². The average molecular weight is 348 g/mol. The van der Waals surface area contributed by atoms with Gasteiger partial charge in [0, 0.05) is 13.1 Å². The van der Waals surface area contributed by atoms with Crippen LogP contribution in [0.1, 0.15) is 43.8 Å². The lowest BCUT2D eigenvalue weighted by atomic mass is 9.87. The number of halogens is 1. The van der Waals surface area contributed by atoms with Crippen molar-refractivity contribution in [1.82, 2.24) is 10.2 Å². The third kappa shape index (κ3) is 3.51. The zero-order chi connectivity index (χ0) is 17.4. The van der Waals surface area contributed by atoms with E-state index < -0.39 is 6.10 Å². The number of carbonyl (C=O) groups is 1. The first-order valence-corrected chi connectivity index (χ1v) is 9.24. The number of hydrogen-bond acceptors (Lipinski definition) is 3. The fourth-order valence-electron chi connectivity index (χ4n) is 4.39. The molecule has 2 N–H and O–H groups in total. The van der Waals surface area contributed by atoms with Crippen LogP contribution in [0, 0.1) is 11.7 Å². The number of urea groups is 1. The summed E-state index contributed by atoms with van der Waals surface area (Å²) in [6.45, 7) is 1.27. The van der Waals surface area contributed by atoms with Crippen molar-refractivity contribution >= 4 is 6.03 Å². The van der Waals surface area contributed by atoms with E-state index in [1.165, 1.54) is 12.1 Å². The molecule has 136 valence electrons. The van der Waals surface area contributed by atoms with Crippen molar-refractivity contribution in [2.45, 2.75) is 56.5 Å². The third-order valence-corrected chi connectivity index (χ3v) is 5.90. The lowest BCUT2D eigenvalue weighted by Crippen LogP contribution is -2.50. The van der Waals surface area contributed by atoms with Gasteiger partial charge in [0.2, 0.25) is 0 Å². The maximum absolute atomic E-state index is 13.0. The second-order valence-corrected chi connectivity index (χ2v) is 7.49. The molecule has 25 heavy (non-hydrogen) atoms. The molecular weight excluding hydrogens is 323 g/mol. The van der Waals surface area contributed by atoms with Crippen molar-refractivity contribution < 1.29 is 19.0 Å². The normalized spacial score (nSPS) is 30.5. The number of aliphatic hydroxyl groups is 1. The third-order valence-electron chi connectivity index (χ3n) is 5.90. The van der Waals surface area contributed by atoms with Crippen LogP contribution in [0.15, 0.2) is 24.3 Å². The highest BCUT2D eigenvalue weighted by atomic mass is 19.1. The number of benzene rings is 1. The number of fused-ring (bicyclic) bond motifs is 2. The van der Waals surface area contributed by atoms with Crippen LogP contribution >= 0.6 is 0 Å². The van der Waals surface area contributed by atoms with E-state index in [2.05, 4.69) is 5.32 Å². The van der Waals surface area contributed by atoms with Crippen molar-refractivity contribution in [2.24, 2.45) is 5.92 Å². The number of nitrogens with zero attached hydrogens (tertiary/aromatic N) is 1. The summed E-state index contributed by atoms with van der Waals surface area (Å²) in [4.78, 5) is 14.3. The van der Waals surface area contributed by atoms with Gasteiger partial charge in [-0.1, -0.05) is 12.1 Å². The minimum absolute atomic E-state index is 0.0177. The summed E-state index contributed by atoms with van der Waals surface area (Å²) in [6, 6.07) is 6.14. The first-order valence-electron chi connectivity index (χ1n) is 9.24. The zero-order valence-electron chi connectivity index (χ0n) is 14.2. The lowest BCUT2D eigenvalue weighted by Gasteiger charge is -2.35. The molecule has 1 aromatic rings. The van der Waals surface area contributed by atoms with Gasteiger partial charge in [-0.05, 0) is 55.7 Å². The van der Waals surface area contributed by atoms with Crippen LogP contribution in [0.3, 0.4) is 0 Å². The molecule has 5 nitrogen and oxygen atoms in total. The van der Waals surface area contributed by atoms with Crippen LogP contribution in [0.5, 0.6) is 0 Å². The van der Waals surface area contributed by atoms with Crippen molar-refractivity contribution in [3.05, 3.63) is 35.6 Å². The highest BCUT2D eigenvalue weighted by Gasteiger charge is 2.42. The van der Waals surface area contributed by atoms with E-state index in [-0.39, 0.29) is 29.9 Å². The Balaban J connectivity index is 1.27. The molecule has 0 aromatic heterocycles. The molecule has 4 unspecified atom stereocenters. The number of piperidine rings is 1. The fraction of sp³-hybridized carbons (Fsp3) is 0.632. The maximum Gasteiger partial charge on any atom is 0.317 e. The number of nitrogens with one attached hydrogen (secondary N) is 1. The monoisotopic (exact) mass is 348 g/mol. The second kappa shape index (κ2) is 6.92. The summed E-state index contributed by atoms with van der Waals surface area (Å²) < 4.78 is 18.8. The van der Waals surface area contributed by atoms with Crippen molar-refractivity contribution in [2.75, 3.05) is 13.1 Å². The predicted molar refractivity (Wildman–Crippen MR) is 90.5 cm³/mol. The molecule has 3 aliphatic heterocycles. The molecular formula is C19H25FN2O3. The second-order valence-electron chi connectivity index (χ2n) is 7.49. The predicted octanol–water partition coefficient (Wildman–Crippen LogP) is 2.60. The van der Waals surface area contributed by atoms with E-state index in [0.717, 1.165) is 37.7 Å². The van der Waals surface area contributed by atoms with Crippen molar-refractivity contribution in [1.29, 1.82) is 0 Å². The van der Waals surface area contributed by atoms with E-state index in [9.17, 15) is 14.3 Å². The highest BCUT2D eigenvalue weighted by Crippen LogP contribution is 2.35. The summed E-state index contributed by atoms with van der Waals surface area (Å²) in [5, 5.41) is 13.6.